The second-order valence-electron chi connectivity index (χ2n) is 6.99. The first kappa shape index (κ1) is 19.6. The van der Waals surface area contributed by atoms with Crippen LogP contribution in [0, 0.1) is 46.6 Å². The van der Waals surface area contributed by atoms with Crippen molar-refractivity contribution in [1.29, 1.82) is 10.5 Å². The fourth-order valence-corrected chi connectivity index (χ4v) is 3.44. The molecular weight excluding hydrogens is 394 g/mol. The molecule has 150 valence electrons. The van der Waals surface area contributed by atoms with Gasteiger partial charge in [-0.15, -0.1) is 0 Å². The van der Waals surface area contributed by atoms with E-state index >= 15 is 0 Å². The van der Waals surface area contributed by atoms with Gasteiger partial charge in [-0.2, -0.15) is 10.5 Å². The van der Waals surface area contributed by atoms with E-state index in [2.05, 4.69) is 17.1 Å². The maximum Gasteiger partial charge on any atom is 0.313 e. The number of aryl methyl sites for hydroxylation is 2. The lowest BCUT2D eigenvalue weighted by atomic mass is 10.1. The summed E-state index contributed by atoms with van der Waals surface area (Å²) in [4.78, 5) is 15.5. The Morgan fingerprint density at radius 1 is 1.00 bits per heavy atom. The van der Waals surface area contributed by atoms with E-state index in [-0.39, 0.29) is 11.4 Å². The molecule has 0 radical (unpaired) electrons. The zero-order chi connectivity index (χ0) is 22.1. The van der Waals surface area contributed by atoms with Crippen LogP contribution >= 0.6 is 0 Å². The van der Waals surface area contributed by atoms with Gasteiger partial charge in [-0.05, 0) is 61.4 Å². The molecule has 0 unspecified atom stereocenters. The number of nitro benzene ring substituents is 1. The summed E-state index contributed by atoms with van der Waals surface area (Å²) in [6.07, 6.45) is 1.57. The monoisotopic (exact) mass is 409 g/mol. The summed E-state index contributed by atoms with van der Waals surface area (Å²) in [6, 6.07) is 17.4. The summed E-state index contributed by atoms with van der Waals surface area (Å²) >= 11 is 0. The number of nitro groups is 1. The summed E-state index contributed by atoms with van der Waals surface area (Å²) in [5.74, 6) is 0.537. The molecule has 0 saturated heterocycles. The first-order valence-corrected chi connectivity index (χ1v) is 9.26. The number of ether oxygens (including phenoxy) is 1. The largest absolute Gasteiger partial charge is 0.449 e. The molecule has 0 aliphatic carbocycles. The van der Waals surface area contributed by atoms with Crippen LogP contribution in [0.25, 0.3) is 16.7 Å². The second-order valence-corrected chi connectivity index (χ2v) is 6.99. The molecule has 0 aliphatic heterocycles. The van der Waals surface area contributed by atoms with Gasteiger partial charge in [-0.25, -0.2) is 4.98 Å². The van der Waals surface area contributed by atoms with E-state index in [0.717, 1.165) is 5.69 Å². The SMILES string of the molecule is Cc1cc(C#N)cc(C)c1Oc1cc2c(cc1[N+](=O)[O-])ncn2-c1ccc(C#N)cc1. The molecule has 0 aliphatic rings. The van der Waals surface area contributed by atoms with Crippen LogP contribution in [0.2, 0.25) is 0 Å². The Bertz CT molecular complexity index is 1400. The molecule has 31 heavy (non-hydrogen) atoms. The van der Waals surface area contributed by atoms with Gasteiger partial charge in [0.2, 0.25) is 5.75 Å². The Morgan fingerprint density at radius 2 is 1.65 bits per heavy atom. The number of benzene rings is 3. The van der Waals surface area contributed by atoms with Gasteiger partial charge in [0, 0.05) is 17.8 Å². The van der Waals surface area contributed by atoms with Crippen molar-refractivity contribution in [3.63, 3.8) is 0 Å². The minimum Gasteiger partial charge on any atom is -0.449 e. The first-order valence-electron chi connectivity index (χ1n) is 9.26. The van der Waals surface area contributed by atoms with Gasteiger partial charge in [0.15, 0.2) is 0 Å². The molecule has 0 atom stereocenters. The van der Waals surface area contributed by atoms with E-state index in [9.17, 15) is 10.1 Å². The number of rotatable bonds is 4. The molecule has 1 aromatic heterocycles. The smallest absolute Gasteiger partial charge is 0.313 e. The summed E-state index contributed by atoms with van der Waals surface area (Å²) in [5.41, 5.74) is 4.03. The van der Waals surface area contributed by atoms with Crippen molar-refractivity contribution < 1.29 is 9.66 Å². The van der Waals surface area contributed by atoms with E-state index in [4.69, 9.17) is 15.3 Å². The van der Waals surface area contributed by atoms with Gasteiger partial charge in [0.25, 0.3) is 0 Å². The quantitative estimate of drug-likeness (QED) is 0.342. The third kappa shape index (κ3) is 3.54. The number of hydrogen-bond donors (Lipinski definition) is 0. The third-order valence-electron chi connectivity index (χ3n) is 4.90. The molecule has 0 bridgehead atoms. The molecule has 0 N–H and O–H groups in total. The molecule has 4 rings (SSSR count). The van der Waals surface area contributed by atoms with Gasteiger partial charge >= 0.3 is 5.69 Å². The third-order valence-corrected chi connectivity index (χ3v) is 4.90. The maximum absolute atomic E-state index is 11.7. The Kier molecular flexibility index (Phi) is 4.82. The molecule has 0 spiro atoms. The molecule has 0 saturated carbocycles. The molecule has 3 aromatic carbocycles. The molecule has 8 nitrogen and oxygen atoms in total. The van der Waals surface area contributed by atoms with Crippen molar-refractivity contribution in [2.75, 3.05) is 0 Å². The predicted molar refractivity (Wildman–Crippen MR) is 113 cm³/mol. The highest BCUT2D eigenvalue weighted by Gasteiger charge is 2.21. The Labute approximate surface area is 177 Å². The molecule has 0 fully saturated rings. The van der Waals surface area contributed by atoms with Gasteiger partial charge < -0.3 is 4.74 Å². The summed E-state index contributed by atoms with van der Waals surface area (Å²) in [7, 11) is 0. The van der Waals surface area contributed by atoms with Crippen molar-refractivity contribution in [3.8, 4) is 29.3 Å². The number of fused-ring (bicyclic) bond motifs is 1. The van der Waals surface area contributed by atoms with Crippen LogP contribution < -0.4 is 4.74 Å². The van der Waals surface area contributed by atoms with Crippen LogP contribution in [-0.4, -0.2) is 14.5 Å². The maximum atomic E-state index is 11.7. The van der Waals surface area contributed by atoms with Crippen LogP contribution in [0.5, 0.6) is 11.5 Å². The molecule has 1 heterocycles. The minimum atomic E-state index is -0.510. The van der Waals surface area contributed by atoms with E-state index in [0.29, 0.717) is 39.0 Å². The Hall–Kier alpha value is -4.69. The second kappa shape index (κ2) is 7.62. The lowest BCUT2D eigenvalue weighted by Crippen LogP contribution is -1.98. The van der Waals surface area contributed by atoms with Gasteiger partial charge in [-0.3, -0.25) is 14.7 Å². The number of imidazole rings is 1. The van der Waals surface area contributed by atoms with E-state index in [1.54, 1.807) is 67.2 Å². The zero-order valence-corrected chi connectivity index (χ0v) is 16.7. The molecule has 0 amide bonds. The van der Waals surface area contributed by atoms with E-state index in [1.807, 2.05) is 0 Å². The first-order chi connectivity index (χ1) is 14.9. The minimum absolute atomic E-state index is 0.0730. The van der Waals surface area contributed by atoms with Gasteiger partial charge in [0.05, 0.1) is 39.2 Å². The van der Waals surface area contributed by atoms with Crippen molar-refractivity contribution in [2.45, 2.75) is 13.8 Å². The number of nitrogens with zero attached hydrogens (tertiary/aromatic N) is 5. The average Bonchev–Trinajstić information content (AvgIpc) is 3.18. The van der Waals surface area contributed by atoms with Gasteiger partial charge in [0.1, 0.15) is 12.1 Å². The Morgan fingerprint density at radius 3 is 2.23 bits per heavy atom. The lowest BCUT2D eigenvalue weighted by molar-refractivity contribution is -0.385. The predicted octanol–water partition coefficient (Wildman–Crippen LogP) is 5.09. The molecular formula is C23H15N5O3. The molecule has 4 aromatic rings. The van der Waals surface area contributed by atoms with Crippen molar-refractivity contribution in [1.82, 2.24) is 9.55 Å². The van der Waals surface area contributed by atoms with Gasteiger partial charge in [-0.1, -0.05) is 0 Å². The van der Waals surface area contributed by atoms with Crippen LogP contribution in [0.15, 0.2) is 54.9 Å². The van der Waals surface area contributed by atoms with Crippen LogP contribution in [0.4, 0.5) is 5.69 Å². The highest BCUT2D eigenvalue weighted by molar-refractivity contribution is 5.83. The fourth-order valence-electron chi connectivity index (χ4n) is 3.44. The van der Waals surface area contributed by atoms with E-state index < -0.39 is 4.92 Å². The zero-order valence-electron chi connectivity index (χ0n) is 16.7. The standard InChI is InChI=1S/C23H15N5O3/c1-14-7-17(12-25)8-15(2)23(14)31-22-10-20-19(9-21(22)28(29)30)26-13-27(20)18-5-3-16(11-24)4-6-18/h3-10,13H,1-2H3. The lowest BCUT2D eigenvalue weighted by Gasteiger charge is -2.13. The summed E-state index contributed by atoms with van der Waals surface area (Å²) < 4.78 is 7.77. The van der Waals surface area contributed by atoms with Crippen LogP contribution in [0.3, 0.4) is 0 Å². The summed E-state index contributed by atoms with van der Waals surface area (Å²) in [6.45, 7) is 3.57. The topological polar surface area (TPSA) is 118 Å². The Balaban J connectivity index is 1.86. The van der Waals surface area contributed by atoms with Crippen molar-refractivity contribution in [3.05, 3.63) is 87.2 Å². The van der Waals surface area contributed by atoms with Crippen LogP contribution in [-0.2, 0) is 0 Å². The van der Waals surface area contributed by atoms with Crippen molar-refractivity contribution in [2.24, 2.45) is 0 Å². The highest BCUT2D eigenvalue weighted by atomic mass is 16.6. The van der Waals surface area contributed by atoms with E-state index in [1.165, 1.54) is 6.07 Å². The summed E-state index contributed by atoms with van der Waals surface area (Å²) in [5, 5.41) is 29.8. The van der Waals surface area contributed by atoms with Crippen molar-refractivity contribution >= 4 is 16.7 Å². The normalized spacial score (nSPS) is 10.5. The highest BCUT2D eigenvalue weighted by Crippen LogP contribution is 2.38. The average molecular weight is 409 g/mol. The fraction of sp³-hybridized carbons (Fsp3) is 0.0870. The number of aromatic nitrogens is 2. The number of nitriles is 2. The van der Waals surface area contributed by atoms with Crippen LogP contribution in [0.1, 0.15) is 22.3 Å². The number of hydrogen-bond acceptors (Lipinski definition) is 6. The molecule has 8 heteroatoms.